The second kappa shape index (κ2) is 5.39. The van der Waals surface area contributed by atoms with Gasteiger partial charge >= 0.3 is 0 Å². The molecule has 17 heavy (non-hydrogen) atoms. The van der Waals surface area contributed by atoms with Crippen molar-refractivity contribution in [3.05, 3.63) is 17.3 Å². The highest BCUT2D eigenvalue weighted by Gasteiger charge is 2.12. The Labute approximate surface area is 104 Å². The van der Waals surface area contributed by atoms with E-state index in [-0.39, 0.29) is 0 Å². The predicted octanol–water partition coefficient (Wildman–Crippen LogP) is 0.724. The van der Waals surface area contributed by atoms with Gasteiger partial charge in [0.2, 0.25) is 0 Å². The van der Waals surface area contributed by atoms with Crippen molar-refractivity contribution in [2.24, 2.45) is 11.5 Å². The molecule has 2 rings (SSSR count). The molecule has 0 atom stereocenters. The molecule has 0 aliphatic heterocycles. The van der Waals surface area contributed by atoms with Crippen LogP contribution >= 0.6 is 11.3 Å². The van der Waals surface area contributed by atoms with Crippen molar-refractivity contribution in [2.45, 2.75) is 6.92 Å². The number of anilines is 1. The zero-order chi connectivity index (χ0) is 12.3. The zero-order valence-electron chi connectivity index (χ0n) is 9.89. The van der Waals surface area contributed by atoms with Gasteiger partial charge in [-0.3, -0.25) is 0 Å². The Kier molecular flexibility index (Phi) is 3.88. The minimum atomic E-state index is 0.592. The monoisotopic (exact) mass is 251 g/mol. The third-order valence-electron chi connectivity index (χ3n) is 2.53. The van der Waals surface area contributed by atoms with Gasteiger partial charge in [0.1, 0.15) is 17.0 Å². The third-order valence-corrected chi connectivity index (χ3v) is 3.49. The van der Waals surface area contributed by atoms with E-state index >= 15 is 0 Å². The number of aryl methyl sites for hydroxylation is 1. The summed E-state index contributed by atoms with van der Waals surface area (Å²) in [6.45, 7) is 4.78. The van der Waals surface area contributed by atoms with Crippen molar-refractivity contribution in [1.82, 2.24) is 9.97 Å². The Morgan fingerprint density at radius 1 is 1.24 bits per heavy atom. The molecule has 0 amide bonds. The lowest BCUT2D eigenvalue weighted by Gasteiger charge is -2.22. The maximum Gasteiger partial charge on any atom is 0.140 e. The maximum atomic E-state index is 5.62. The number of nitrogens with zero attached hydrogens (tertiary/aromatic N) is 3. The van der Waals surface area contributed by atoms with Gasteiger partial charge in [0, 0.05) is 31.1 Å². The van der Waals surface area contributed by atoms with Crippen LogP contribution in [0.2, 0.25) is 0 Å². The molecule has 2 aromatic heterocycles. The molecule has 5 nitrogen and oxygen atoms in total. The van der Waals surface area contributed by atoms with E-state index in [1.165, 1.54) is 4.88 Å². The second-order valence-corrected chi connectivity index (χ2v) is 5.07. The smallest absolute Gasteiger partial charge is 0.140 e. The normalized spacial score (nSPS) is 11.0. The topological polar surface area (TPSA) is 81.1 Å². The quantitative estimate of drug-likeness (QED) is 0.818. The van der Waals surface area contributed by atoms with Crippen LogP contribution < -0.4 is 16.4 Å². The SMILES string of the molecule is Cc1cc2c(N(CCN)CCN)ncnc2s1. The summed E-state index contributed by atoms with van der Waals surface area (Å²) < 4.78 is 0. The Morgan fingerprint density at radius 3 is 2.59 bits per heavy atom. The lowest BCUT2D eigenvalue weighted by molar-refractivity contribution is 0.772. The van der Waals surface area contributed by atoms with Gasteiger partial charge in [0.25, 0.3) is 0 Å². The van der Waals surface area contributed by atoms with Crippen molar-refractivity contribution in [3.63, 3.8) is 0 Å². The van der Waals surface area contributed by atoms with Crippen LogP contribution in [0.25, 0.3) is 10.2 Å². The van der Waals surface area contributed by atoms with Gasteiger partial charge in [0.15, 0.2) is 0 Å². The van der Waals surface area contributed by atoms with Gasteiger partial charge in [-0.1, -0.05) is 0 Å². The Hall–Kier alpha value is -1.24. The molecular formula is C11H17N5S. The van der Waals surface area contributed by atoms with Crippen LogP contribution in [0.3, 0.4) is 0 Å². The zero-order valence-corrected chi connectivity index (χ0v) is 10.7. The highest BCUT2D eigenvalue weighted by molar-refractivity contribution is 7.18. The molecule has 0 saturated heterocycles. The highest BCUT2D eigenvalue weighted by Crippen LogP contribution is 2.29. The molecule has 0 unspecified atom stereocenters. The molecule has 4 N–H and O–H groups in total. The van der Waals surface area contributed by atoms with Gasteiger partial charge in [-0.15, -0.1) is 11.3 Å². The largest absolute Gasteiger partial charge is 0.353 e. The molecule has 92 valence electrons. The molecule has 0 aliphatic carbocycles. The molecule has 0 saturated carbocycles. The summed E-state index contributed by atoms with van der Waals surface area (Å²) in [5, 5.41) is 1.09. The first-order chi connectivity index (χ1) is 8.26. The van der Waals surface area contributed by atoms with Crippen molar-refractivity contribution in [2.75, 3.05) is 31.1 Å². The van der Waals surface area contributed by atoms with E-state index in [0.717, 1.165) is 29.1 Å². The van der Waals surface area contributed by atoms with Crippen LogP contribution in [0.15, 0.2) is 12.4 Å². The van der Waals surface area contributed by atoms with E-state index in [1.807, 2.05) is 0 Å². The Bertz CT molecular complexity index is 490. The lowest BCUT2D eigenvalue weighted by atomic mass is 10.3. The second-order valence-electron chi connectivity index (χ2n) is 3.84. The number of hydrogen-bond donors (Lipinski definition) is 2. The van der Waals surface area contributed by atoms with Crippen LogP contribution in [0.1, 0.15) is 4.88 Å². The van der Waals surface area contributed by atoms with Gasteiger partial charge in [-0.05, 0) is 13.0 Å². The van der Waals surface area contributed by atoms with Crippen LogP contribution in [-0.4, -0.2) is 36.1 Å². The predicted molar refractivity (Wildman–Crippen MR) is 72.5 cm³/mol. The van der Waals surface area contributed by atoms with Gasteiger partial charge in [-0.2, -0.15) is 0 Å². The van der Waals surface area contributed by atoms with Gasteiger partial charge in [-0.25, -0.2) is 9.97 Å². The summed E-state index contributed by atoms with van der Waals surface area (Å²) in [5.41, 5.74) is 11.2. The Morgan fingerprint density at radius 2 is 1.94 bits per heavy atom. The van der Waals surface area contributed by atoms with Gasteiger partial charge in [0.05, 0.1) is 5.39 Å². The van der Waals surface area contributed by atoms with Crippen molar-refractivity contribution < 1.29 is 0 Å². The number of thiophene rings is 1. The van der Waals surface area contributed by atoms with Crippen LogP contribution in [0.5, 0.6) is 0 Å². The molecule has 0 spiro atoms. The van der Waals surface area contributed by atoms with E-state index in [4.69, 9.17) is 11.5 Å². The maximum absolute atomic E-state index is 5.62. The molecular weight excluding hydrogens is 234 g/mol. The molecule has 2 heterocycles. The van der Waals surface area contributed by atoms with E-state index < -0.39 is 0 Å². The fraction of sp³-hybridized carbons (Fsp3) is 0.455. The van der Waals surface area contributed by atoms with Crippen LogP contribution in [0.4, 0.5) is 5.82 Å². The molecule has 0 aromatic carbocycles. The summed E-state index contributed by atoms with van der Waals surface area (Å²) in [6, 6.07) is 2.12. The minimum Gasteiger partial charge on any atom is -0.353 e. The summed E-state index contributed by atoms with van der Waals surface area (Å²) in [4.78, 5) is 13.0. The average molecular weight is 251 g/mol. The summed E-state index contributed by atoms with van der Waals surface area (Å²) >= 11 is 1.68. The number of rotatable bonds is 5. The summed E-state index contributed by atoms with van der Waals surface area (Å²) in [6.07, 6.45) is 1.60. The van der Waals surface area contributed by atoms with Crippen LogP contribution in [-0.2, 0) is 0 Å². The molecule has 0 fully saturated rings. The van der Waals surface area contributed by atoms with Crippen molar-refractivity contribution in [3.8, 4) is 0 Å². The first-order valence-corrected chi connectivity index (χ1v) is 6.44. The fourth-order valence-corrected chi connectivity index (χ4v) is 2.69. The first-order valence-electron chi connectivity index (χ1n) is 5.62. The van der Waals surface area contributed by atoms with E-state index in [9.17, 15) is 0 Å². The Balaban J connectivity index is 2.44. The number of aromatic nitrogens is 2. The van der Waals surface area contributed by atoms with Gasteiger partial charge < -0.3 is 16.4 Å². The molecule has 2 aromatic rings. The van der Waals surface area contributed by atoms with Crippen molar-refractivity contribution >= 4 is 27.4 Å². The van der Waals surface area contributed by atoms with Crippen molar-refractivity contribution in [1.29, 1.82) is 0 Å². The fourth-order valence-electron chi connectivity index (χ4n) is 1.85. The number of hydrogen-bond acceptors (Lipinski definition) is 6. The number of fused-ring (bicyclic) bond motifs is 1. The third kappa shape index (κ3) is 2.54. The average Bonchev–Trinajstić information content (AvgIpc) is 2.68. The lowest BCUT2D eigenvalue weighted by Crippen LogP contribution is -2.34. The summed E-state index contributed by atoms with van der Waals surface area (Å²) in [7, 11) is 0. The van der Waals surface area contributed by atoms with E-state index in [2.05, 4.69) is 27.9 Å². The molecule has 0 aliphatic rings. The van der Waals surface area contributed by atoms with Crippen LogP contribution in [0, 0.1) is 6.92 Å². The molecule has 6 heteroatoms. The standard InChI is InChI=1S/C11H17N5S/c1-8-6-9-10(14-7-15-11(9)17-8)16(4-2-12)5-3-13/h6-7H,2-5,12-13H2,1H3. The summed E-state index contributed by atoms with van der Waals surface area (Å²) in [5.74, 6) is 0.940. The molecule has 0 radical (unpaired) electrons. The molecule has 0 bridgehead atoms. The highest BCUT2D eigenvalue weighted by atomic mass is 32.1. The van der Waals surface area contributed by atoms with E-state index in [0.29, 0.717) is 13.1 Å². The minimum absolute atomic E-state index is 0.592. The van der Waals surface area contributed by atoms with E-state index in [1.54, 1.807) is 17.7 Å². The number of nitrogens with two attached hydrogens (primary N) is 2. The first kappa shape index (κ1) is 12.2.